The minimum atomic E-state index is -5.08. The molecule has 11 heteroatoms. The van der Waals surface area contributed by atoms with Crippen molar-refractivity contribution in [1.82, 2.24) is 24.5 Å². The van der Waals surface area contributed by atoms with E-state index in [1.807, 2.05) is 66.3 Å². The van der Waals surface area contributed by atoms with E-state index in [1.165, 1.54) is 0 Å². The normalized spacial score (nSPS) is 11.0. The van der Waals surface area contributed by atoms with E-state index in [0.717, 1.165) is 22.5 Å². The van der Waals surface area contributed by atoms with E-state index in [1.54, 1.807) is 17.1 Å². The molecule has 4 aromatic heterocycles. The van der Waals surface area contributed by atoms with Crippen LogP contribution in [0.2, 0.25) is 0 Å². The Morgan fingerprint density at radius 1 is 1.12 bits per heavy atom. The van der Waals surface area contributed by atoms with Gasteiger partial charge in [-0.15, -0.1) is 0 Å². The number of aromatic nitrogens is 4. The molecule has 1 amide bonds. The van der Waals surface area contributed by atoms with Crippen LogP contribution in [-0.4, -0.2) is 42.3 Å². The van der Waals surface area contributed by atoms with Gasteiger partial charge in [-0.05, 0) is 35.9 Å². The number of carbonyl (C=O) groups is 2. The average Bonchev–Trinajstić information content (AvgIpc) is 3.36. The first-order valence-corrected chi connectivity index (χ1v) is 9.24. The number of hydrogen-bond donors (Lipinski definition) is 2. The van der Waals surface area contributed by atoms with Crippen molar-refractivity contribution in [2.75, 3.05) is 0 Å². The molecule has 0 bridgehead atoms. The summed E-state index contributed by atoms with van der Waals surface area (Å²) >= 11 is 0. The second-order valence-electron chi connectivity index (χ2n) is 6.62. The van der Waals surface area contributed by atoms with Gasteiger partial charge in [-0.1, -0.05) is 12.1 Å². The minimum absolute atomic E-state index is 0.116. The van der Waals surface area contributed by atoms with Crippen LogP contribution in [-0.2, 0) is 18.4 Å². The van der Waals surface area contributed by atoms with Gasteiger partial charge in [0, 0.05) is 38.4 Å². The first kappa shape index (κ1) is 22.5. The summed E-state index contributed by atoms with van der Waals surface area (Å²) in [7, 11) is 1.88. The first-order chi connectivity index (χ1) is 15.2. The van der Waals surface area contributed by atoms with E-state index < -0.39 is 12.1 Å². The van der Waals surface area contributed by atoms with Crippen molar-refractivity contribution in [1.29, 1.82) is 0 Å². The third-order valence-corrected chi connectivity index (χ3v) is 4.32. The molecule has 32 heavy (non-hydrogen) atoms. The van der Waals surface area contributed by atoms with Gasteiger partial charge in [0.05, 0.1) is 16.8 Å². The molecule has 4 heterocycles. The molecule has 0 saturated heterocycles. The first-order valence-electron chi connectivity index (χ1n) is 9.24. The molecule has 0 atom stereocenters. The highest BCUT2D eigenvalue weighted by Crippen LogP contribution is 2.25. The SMILES string of the molecule is Cn1ccc(-c2cc(C(=O)NCc3cccnc3)c3ccccn23)n1.O=C(O)C(F)(F)F. The monoisotopic (exact) mass is 445 g/mol. The number of nitrogens with zero attached hydrogens (tertiary/aromatic N) is 4. The number of amides is 1. The molecule has 8 nitrogen and oxygen atoms in total. The standard InChI is InChI=1S/C19H17N5O.C2HF3O2/c1-23-10-7-16(22-23)18-11-15(17-6-2-3-9-24(17)18)19(25)21-13-14-5-4-8-20-12-14;3-2(4,5)1(6)7/h2-12H,13H2,1H3,(H,21,25);(H,6,7). The van der Waals surface area contributed by atoms with Crippen LogP contribution in [0.5, 0.6) is 0 Å². The number of halogens is 3. The maximum Gasteiger partial charge on any atom is 0.490 e. The summed E-state index contributed by atoms with van der Waals surface area (Å²) in [5.41, 5.74) is 4.17. The van der Waals surface area contributed by atoms with E-state index in [-0.39, 0.29) is 5.91 Å². The maximum atomic E-state index is 12.7. The van der Waals surface area contributed by atoms with Gasteiger partial charge in [-0.3, -0.25) is 14.5 Å². The van der Waals surface area contributed by atoms with Gasteiger partial charge in [0.2, 0.25) is 0 Å². The number of carboxylic acids is 1. The second-order valence-corrected chi connectivity index (χ2v) is 6.62. The molecule has 0 aliphatic carbocycles. The van der Waals surface area contributed by atoms with Gasteiger partial charge in [0.15, 0.2) is 0 Å². The fourth-order valence-corrected chi connectivity index (χ4v) is 2.86. The number of nitrogens with one attached hydrogen (secondary N) is 1. The van der Waals surface area contributed by atoms with Crippen molar-refractivity contribution in [2.24, 2.45) is 7.05 Å². The molecule has 0 aromatic carbocycles. The lowest BCUT2D eigenvalue weighted by atomic mass is 10.2. The Morgan fingerprint density at radius 2 is 1.88 bits per heavy atom. The van der Waals surface area contributed by atoms with E-state index in [9.17, 15) is 18.0 Å². The summed E-state index contributed by atoms with van der Waals surface area (Å²) in [6.45, 7) is 0.440. The molecule has 0 aliphatic rings. The Morgan fingerprint density at radius 3 is 2.47 bits per heavy atom. The number of aryl methyl sites for hydroxylation is 1. The zero-order valence-electron chi connectivity index (χ0n) is 16.7. The van der Waals surface area contributed by atoms with Crippen LogP contribution >= 0.6 is 0 Å². The van der Waals surface area contributed by atoms with Crippen LogP contribution in [0.1, 0.15) is 15.9 Å². The highest BCUT2D eigenvalue weighted by atomic mass is 19.4. The zero-order chi connectivity index (χ0) is 23.3. The summed E-state index contributed by atoms with van der Waals surface area (Å²) in [5, 5.41) is 14.5. The maximum absolute atomic E-state index is 12.7. The summed E-state index contributed by atoms with van der Waals surface area (Å²) in [4.78, 5) is 25.7. The van der Waals surface area contributed by atoms with Crippen molar-refractivity contribution in [3.8, 4) is 11.4 Å². The lowest BCUT2D eigenvalue weighted by Gasteiger charge is -2.04. The third kappa shape index (κ3) is 5.31. The van der Waals surface area contributed by atoms with Gasteiger partial charge < -0.3 is 14.8 Å². The Bertz CT molecular complexity index is 1230. The number of carboxylic acid groups (broad SMARTS) is 1. The number of hydrogen-bond acceptors (Lipinski definition) is 4. The third-order valence-electron chi connectivity index (χ3n) is 4.32. The number of carbonyl (C=O) groups excluding carboxylic acids is 1. The molecule has 166 valence electrons. The average molecular weight is 445 g/mol. The van der Waals surface area contributed by atoms with Crippen molar-refractivity contribution in [3.63, 3.8) is 0 Å². The van der Waals surface area contributed by atoms with Gasteiger partial charge in [-0.25, -0.2) is 4.79 Å². The van der Waals surface area contributed by atoms with Crippen LogP contribution < -0.4 is 5.32 Å². The van der Waals surface area contributed by atoms with Crippen LogP contribution in [0.25, 0.3) is 16.9 Å². The summed E-state index contributed by atoms with van der Waals surface area (Å²) < 4.78 is 35.5. The molecule has 2 N–H and O–H groups in total. The minimum Gasteiger partial charge on any atom is -0.475 e. The predicted molar refractivity (Wildman–Crippen MR) is 109 cm³/mol. The molecule has 4 rings (SSSR count). The number of pyridine rings is 2. The molecular weight excluding hydrogens is 427 g/mol. The van der Waals surface area contributed by atoms with E-state index in [2.05, 4.69) is 15.4 Å². The van der Waals surface area contributed by atoms with Gasteiger partial charge in [0.25, 0.3) is 5.91 Å². The lowest BCUT2D eigenvalue weighted by Crippen LogP contribution is -2.22. The van der Waals surface area contributed by atoms with Gasteiger partial charge >= 0.3 is 12.1 Å². The Kier molecular flexibility index (Phi) is 6.57. The van der Waals surface area contributed by atoms with Gasteiger partial charge in [0.1, 0.15) is 5.69 Å². The Hall–Kier alpha value is -4.15. The molecule has 0 aliphatic heterocycles. The van der Waals surface area contributed by atoms with Crippen molar-refractivity contribution in [2.45, 2.75) is 12.7 Å². The second kappa shape index (κ2) is 9.33. The molecular formula is C21H18F3N5O3. The number of rotatable bonds is 4. The summed E-state index contributed by atoms with van der Waals surface area (Å²) in [6.07, 6.45) is 2.21. The summed E-state index contributed by atoms with van der Waals surface area (Å²) in [6, 6.07) is 13.4. The highest BCUT2D eigenvalue weighted by Gasteiger charge is 2.38. The van der Waals surface area contributed by atoms with Gasteiger partial charge in [-0.2, -0.15) is 18.3 Å². The quantitative estimate of drug-likeness (QED) is 0.502. The zero-order valence-corrected chi connectivity index (χ0v) is 16.7. The van der Waals surface area contributed by atoms with Crippen LogP contribution in [0, 0.1) is 0 Å². The Labute approximate surface area is 179 Å². The number of fused-ring (bicyclic) bond motifs is 1. The molecule has 4 aromatic rings. The van der Waals surface area contributed by atoms with E-state index in [0.29, 0.717) is 12.1 Å². The van der Waals surface area contributed by atoms with Crippen LogP contribution in [0.15, 0.2) is 67.3 Å². The van der Waals surface area contributed by atoms with E-state index >= 15 is 0 Å². The van der Waals surface area contributed by atoms with Crippen LogP contribution in [0.3, 0.4) is 0 Å². The highest BCUT2D eigenvalue weighted by molar-refractivity contribution is 6.02. The number of aliphatic carboxylic acids is 1. The fourth-order valence-electron chi connectivity index (χ4n) is 2.86. The molecule has 0 saturated carbocycles. The molecule has 0 spiro atoms. The van der Waals surface area contributed by atoms with Crippen molar-refractivity contribution >= 4 is 17.4 Å². The van der Waals surface area contributed by atoms with E-state index in [4.69, 9.17) is 9.90 Å². The smallest absolute Gasteiger partial charge is 0.475 e. The number of alkyl halides is 3. The largest absolute Gasteiger partial charge is 0.490 e. The molecule has 0 unspecified atom stereocenters. The molecule has 0 fully saturated rings. The summed E-state index contributed by atoms with van der Waals surface area (Å²) in [5.74, 6) is -2.87. The van der Waals surface area contributed by atoms with Crippen LogP contribution in [0.4, 0.5) is 13.2 Å². The predicted octanol–water partition coefficient (Wildman–Crippen LogP) is 3.30. The van der Waals surface area contributed by atoms with Crippen molar-refractivity contribution < 1.29 is 27.9 Å². The lowest BCUT2D eigenvalue weighted by molar-refractivity contribution is -0.192. The Balaban J connectivity index is 0.000000360. The molecule has 0 radical (unpaired) electrons. The van der Waals surface area contributed by atoms with Crippen molar-refractivity contribution in [3.05, 3.63) is 78.4 Å². The fraction of sp³-hybridized carbons (Fsp3) is 0.143. The topological polar surface area (TPSA) is 102 Å².